The number of allylic oxidation sites excluding steroid dienone is 2. The fraction of sp³-hybridized carbons (Fsp3) is 0.520. The van der Waals surface area contributed by atoms with Gasteiger partial charge in [-0.15, -0.1) is 0 Å². The largest absolute Gasteiger partial charge is 0.416 e. The van der Waals surface area contributed by atoms with E-state index in [1.807, 2.05) is 26.8 Å². The fourth-order valence-electron chi connectivity index (χ4n) is 4.27. The van der Waals surface area contributed by atoms with Crippen LogP contribution < -0.4 is 0 Å². The molecule has 3 atom stereocenters. The summed E-state index contributed by atoms with van der Waals surface area (Å²) in [4.78, 5) is 34.9. The fourth-order valence-corrected chi connectivity index (χ4v) is 4.27. The van der Waals surface area contributed by atoms with Gasteiger partial charge in [0.1, 0.15) is 11.5 Å². The molecule has 2 aliphatic rings. The summed E-state index contributed by atoms with van der Waals surface area (Å²) in [6, 6.07) is 4.71. The minimum atomic E-state index is -4.42. The molecule has 0 saturated carbocycles. The third-order valence-corrected chi connectivity index (χ3v) is 6.36. The van der Waals surface area contributed by atoms with Gasteiger partial charge in [0.25, 0.3) is 0 Å². The summed E-state index contributed by atoms with van der Waals surface area (Å²) in [5.74, 6) is 0.0406. The molecule has 0 spiro atoms. The Hall–Kier alpha value is -2.57. The quantitative estimate of drug-likeness (QED) is 0.573. The zero-order valence-corrected chi connectivity index (χ0v) is 18.7. The van der Waals surface area contributed by atoms with Gasteiger partial charge in [0.2, 0.25) is 0 Å². The maximum Gasteiger partial charge on any atom is 0.416 e. The second-order valence-corrected chi connectivity index (χ2v) is 8.70. The van der Waals surface area contributed by atoms with Gasteiger partial charge in [-0.25, -0.2) is 4.99 Å². The van der Waals surface area contributed by atoms with Gasteiger partial charge in [-0.3, -0.25) is 14.6 Å². The summed E-state index contributed by atoms with van der Waals surface area (Å²) in [7, 11) is 0. The van der Waals surface area contributed by atoms with E-state index in [0.29, 0.717) is 37.1 Å². The third-order valence-electron chi connectivity index (χ3n) is 6.36. The molecule has 7 heteroatoms. The van der Waals surface area contributed by atoms with Gasteiger partial charge in [0, 0.05) is 30.4 Å². The van der Waals surface area contributed by atoms with Gasteiger partial charge in [0.15, 0.2) is 11.6 Å². The van der Waals surface area contributed by atoms with Gasteiger partial charge < -0.3 is 0 Å². The third kappa shape index (κ3) is 5.43. The van der Waals surface area contributed by atoms with Crippen molar-refractivity contribution in [3.63, 3.8) is 0 Å². The summed E-state index contributed by atoms with van der Waals surface area (Å²) in [5, 5.41) is 0. The number of Topliss-reactive ketones (excluding diaryl/α,β-unsaturated/α-hetero) is 2. The highest BCUT2D eigenvalue weighted by molar-refractivity contribution is 6.48. The standard InChI is InChI=1S/C25H29F3N2O2/c1-4-17-13-14-29-24(18-7-9-19(10-8-18)25(26,27)28)30-22-20(17)11-5-15(2)23(32)16(3)6-12-21(22)31/h7-11,15-17H,4-6,12-14H2,1-3H3. The minimum Gasteiger partial charge on any atom is -0.299 e. The van der Waals surface area contributed by atoms with Crippen LogP contribution in [0.15, 0.2) is 45.9 Å². The Morgan fingerprint density at radius 3 is 2.34 bits per heavy atom. The summed E-state index contributed by atoms with van der Waals surface area (Å²) in [6.45, 7) is 6.27. The highest BCUT2D eigenvalue weighted by atomic mass is 19.4. The predicted octanol–water partition coefficient (Wildman–Crippen LogP) is 5.84. The molecule has 172 valence electrons. The molecule has 1 aliphatic carbocycles. The van der Waals surface area contributed by atoms with E-state index in [1.165, 1.54) is 12.1 Å². The Balaban J connectivity index is 2.07. The van der Waals surface area contributed by atoms with Crippen molar-refractivity contribution in [2.45, 2.75) is 59.1 Å². The molecule has 0 aromatic heterocycles. The monoisotopic (exact) mass is 446 g/mol. The lowest BCUT2D eigenvalue weighted by atomic mass is 9.81. The van der Waals surface area contributed by atoms with Crippen LogP contribution in [0.3, 0.4) is 0 Å². The van der Waals surface area contributed by atoms with Crippen LogP contribution in [0.25, 0.3) is 0 Å². The number of carbonyl (C=O) groups is 2. The smallest absolute Gasteiger partial charge is 0.299 e. The highest BCUT2D eigenvalue weighted by Crippen LogP contribution is 2.31. The number of amidine groups is 1. The molecule has 3 rings (SSSR count). The molecule has 0 radical (unpaired) electrons. The first-order valence-corrected chi connectivity index (χ1v) is 11.2. The molecular formula is C25H29F3N2O2. The van der Waals surface area contributed by atoms with Crippen molar-refractivity contribution in [3.05, 3.63) is 47.0 Å². The van der Waals surface area contributed by atoms with E-state index < -0.39 is 11.7 Å². The van der Waals surface area contributed by atoms with E-state index in [1.54, 1.807) is 0 Å². The first-order valence-electron chi connectivity index (χ1n) is 11.2. The Morgan fingerprint density at radius 1 is 1.03 bits per heavy atom. The Labute approximate surface area is 186 Å². The number of carbonyl (C=O) groups excluding carboxylic acids is 2. The molecule has 3 unspecified atom stereocenters. The molecular weight excluding hydrogens is 417 g/mol. The van der Waals surface area contributed by atoms with Crippen LogP contribution in [-0.2, 0) is 15.8 Å². The van der Waals surface area contributed by atoms with Crippen molar-refractivity contribution in [3.8, 4) is 0 Å². The molecule has 1 aromatic carbocycles. The van der Waals surface area contributed by atoms with Gasteiger partial charge in [-0.1, -0.05) is 39.0 Å². The molecule has 4 nitrogen and oxygen atoms in total. The lowest BCUT2D eigenvalue weighted by Crippen LogP contribution is -2.29. The number of fused-ring (bicyclic) bond motifs is 1. The number of hydrogen-bond donors (Lipinski definition) is 0. The van der Waals surface area contributed by atoms with Crippen molar-refractivity contribution in [1.82, 2.24) is 0 Å². The maximum atomic E-state index is 13.2. The lowest BCUT2D eigenvalue weighted by Gasteiger charge is -2.25. The second kappa shape index (κ2) is 9.92. The van der Waals surface area contributed by atoms with Crippen molar-refractivity contribution >= 4 is 23.1 Å². The van der Waals surface area contributed by atoms with Gasteiger partial charge in [0.05, 0.1) is 5.56 Å². The van der Waals surface area contributed by atoms with Gasteiger partial charge in [-0.05, 0) is 49.3 Å². The zero-order chi connectivity index (χ0) is 23.5. The number of nitrogens with zero attached hydrogens (tertiary/aromatic N) is 2. The normalized spacial score (nSPS) is 25.7. The molecule has 32 heavy (non-hydrogen) atoms. The number of rotatable bonds is 2. The van der Waals surface area contributed by atoms with E-state index >= 15 is 0 Å². The Kier molecular flexibility index (Phi) is 7.47. The first kappa shape index (κ1) is 24.1. The van der Waals surface area contributed by atoms with Gasteiger partial charge >= 0.3 is 6.18 Å². The van der Waals surface area contributed by atoms with E-state index in [4.69, 9.17) is 0 Å². The number of hydrogen-bond acceptors (Lipinski definition) is 4. The van der Waals surface area contributed by atoms with Crippen LogP contribution >= 0.6 is 0 Å². The van der Waals surface area contributed by atoms with Crippen LogP contribution in [0.1, 0.15) is 64.0 Å². The topological polar surface area (TPSA) is 58.9 Å². The van der Waals surface area contributed by atoms with Crippen LogP contribution in [0.2, 0.25) is 0 Å². The van der Waals surface area contributed by atoms with E-state index in [0.717, 1.165) is 24.1 Å². The molecule has 0 fully saturated rings. The SMILES string of the molecule is CCC1CCN=C(c2ccc(C(F)(F)F)cc2)N=C2C(=O)CCC(C)C(=O)C(C)CC=C21. The maximum absolute atomic E-state index is 13.2. The van der Waals surface area contributed by atoms with Crippen molar-refractivity contribution < 1.29 is 22.8 Å². The van der Waals surface area contributed by atoms with Crippen LogP contribution in [-0.4, -0.2) is 29.7 Å². The van der Waals surface area contributed by atoms with Crippen LogP contribution in [0, 0.1) is 17.8 Å². The van der Waals surface area contributed by atoms with Crippen LogP contribution in [0.5, 0.6) is 0 Å². The van der Waals surface area contributed by atoms with E-state index in [-0.39, 0.29) is 41.6 Å². The summed E-state index contributed by atoms with van der Waals surface area (Å²) in [5.41, 5.74) is 0.881. The van der Waals surface area contributed by atoms with Crippen molar-refractivity contribution in [2.75, 3.05) is 6.54 Å². The first-order chi connectivity index (χ1) is 15.1. The molecule has 0 N–H and O–H groups in total. The molecule has 1 aromatic rings. The highest BCUT2D eigenvalue weighted by Gasteiger charge is 2.31. The van der Waals surface area contributed by atoms with Crippen molar-refractivity contribution in [1.29, 1.82) is 0 Å². The number of halogens is 3. The zero-order valence-electron chi connectivity index (χ0n) is 18.7. The predicted molar refractivity (Wildman–Crippen MR) is 119 cm³/mol. The van der Waals surface area contributed by atoms with Crippen molar-refractivity contribution in [2.24, 2.45) is 27.7 Å². The molecule has 0 saturated heterocycles. The number of ketones is 2. The average molecular weight is 447 g/mol. The molecule has 1 heterocycles. The molecule has 1 aliphatic heterocycles. The number of aliphatic imine (C=N–C) groups is 2. The average Bonchev–Trinajstić information content (AvgIpc) is 2.75. The van der Waals surface area contributed by atoms with Gasteiger partial charge in [-0.2, -0.15) is 13.2 Å². The van der Waals surface area contributed by atoms with Crippen LogP contribution in [0.4, 0.5) is 13.2 Å². The number of alkyl halides is 3. The van der Waals surface area contributed by atoms with E-state index in [2.05, 4.69) is 9.98 Å². The summed E-state index contributed by atoms with van der Waals surface area (Å²) in [6.07, 6.45) is 0.258. The van der Waals surface area contributed by atoms with E-state index in [9.17, 15) is 22.8 Å². The Morgan fingerprint density at radius 2 is 1.72 bits per heavy atom. The Bertz CT molecular complexity index is 958. The molecule has 0 amide bonds. The summed E-state index contributed by atoms with van der Waals surface area (Å²) < 4.78 is 38.8. The summed E-state index contributed by atoms with van der Waals surface area (Å²) >= 11 is 0. The number of benzene rings is 1. The molecule has 0 bridgehead atoms. The lowest BCUT2D eigenvalue weighted by molar-refractivity contribution is -0.137. The second-order valence-electron chi connectivity index (χ2n) is 8.70. The minimum absolute atomic E-state index is 0.0924.